The summed E-state index contributed by atoms with van der Waals surface area (Å²) in [6.07, 6.45) is 1.76. The summed E-state index contributed by atoms with van der Waals surface area (Å²) in [7, 11) is 0. The number of aryl methyl sites for hydroxylation is 3. The molecule has 3 aromatic rings. The largest absolute Gasteiger partial charge is 0.299 e. The number of rotatable bonds is 6. The van der Waals surface area contributed by atoms with Crippen LogP contribution in [0.5, 0.6) is 0 Å². The van der Waals surface area contributed by atoms with E-state index in [4.69, 9.17) is 0 Å². The van der Waals surface area contributed by atoms with Crippen molar-refractivity contribution in [2.24, 2.45) is 0 Å². The van der Waals surface area contributed by atoms with Gasteiger partial charge in [-0.05, 0) is 42.5 Å². The van der Waals surface area contributed by atoms with Gasteiger partial charge < -0.3 is 0 Å². The summed E-state index contributed by atoms with van der Waals surface area (Å²) in [6, 6.07) is 18.4. The number of amides is 1. The third kappa shape index (κ3) is 4.35. The smallest absolute Gasteiger partial charge is 0.228 e. The summed E-state index contributed by atoms with van der Waals surface area (Å²) in [4.78, 5) is 26.9. The van der Waals surface area contributed by atoms with Crippen molar-refractivity contribution in [3.8, 4) is 11.1 Å². The lowest BCUT2D eigenvalue weighted by Crippen LogP contribution is -2.37. The maximum Gasteiger partial charge on any atom is 0.228 e. The topological polar surface area (TPSA) is 55.2 Å². The van der Waals surface area contributed by atoms with Crippen LogP contribution in [0, 0.1) is 13.8 Å². The first-order chi connectivity index (χ1) is 14.5. The Morgan fingerprint density at radius 2 is 1.73 bits per heavy atom. The number of ketones is 1. The Morgan fingerprint density at radius 3 is 2.50 bits per heavy atom. The fraction of sp³-hybridized carbons (Fsp3) is 0.320. The first kappa shape index (κ1) is 20.1. The summed E-state index contributed by atoms with van der Waals surface area (Å²) < 4.78 is 1.88. The van der Waals surface area contributed by atoms with Crippen LogP contribution in [0.2, 0.25) is 0 Å². The van der Waals surface area contributed by atoms with Crippen molar-refractivity contribution < 1.29 is 9.59 Å². The molecule has 0 unspecified atom stereocenters. The summed E-state index contributed by atoms with van der Waals surface area (Å²) in [5.41, 5.74) is 5.48. The van der Waals surface area contributed by atoms with Gasteiger partial charge in [0.15, 0.2) is 0 Å². The van der Waals surface area contributed by atoms with Gasteiger partial charge in [0.25, 0.3) is 0 Å². The Morgan fingerprint density at radius 1 is 0.967 bits per heavy atom. The van der Waals surface area contributed by atoms with Gasteiger partial charge in [-0.25, -0.2) is 4.68 Å². The highest BCUT2D eigenvalue weighted by Gasteiger charge is 2.24. The second-order valence-electron chi connectivity index (χ2n) is 7.99. The summed E-state index contributed by atoms with van der Waals surface area (Å²) in [5.74, 6) is 0.941. The zero-order chi connectivity index (χ0) is 21.1. The number of aromatic nitrogens is 2. The highest BCUT2D eigenvalue weighted by Crippen LogP contribution is 2.24. The number of anilines is 1. The predicted octanol–water partition coefficient (Wildman–Crippen LogP) is 4.50. The predicted molar refractivity (Wildman–Crippen MR) is 118 cm³/mol. The molecule has 30 heavy (non-hydrogen) atoms. The molecule has 1 aliphatic rings. The molecule has 0 bridgehead atoms. The molecular weight excluding hydrogens is 374 g/mol. The van der Waals surface area contributed by atoms with Crippen molar-refractivity contribution >= 4 is 17.5 Å². The highest BCUT2D eigenvalue weighted by molar-refractivity contribution is 5.95. The maximum atomic E-state index is 12.7. The van der Waals surface area contributed by atoms with E-state index in [1.54, 1.807) is 4.90 Å². The van der Waals surface area contributed by atoms with E-state index in [0.717, 1.165) is 35.6 Å². The Hall–Kier alpha value is -3.21. The van der Waals surface area contributed by atoms with Crippen LogP contribution in [0.1, 0.15) is 36.1 Å². The van der Waals surface area contributed by atoms with Gasteiger partial charge in [-0.3, -0.25) is 14.5 Å². The number of hydrogen-bond acceptors (Lipinski definition) is 3. The van der Waals surface area contributed by atoms with E-state index in [0.29, 0.717) is 13.0 Å². The van der Waals surface area contributed by atoms with Crippen LogP contribution in [0.25, 0.3) is 11.1 Å². The molecule has 0 radical (unpaired) electrons. The average Bonchev–Trinajstić information content (AvgIpc) is 3.13. The molecule has 0 atom stereocenters. The quantitative estimate of drug-likeness (QED) is 0.611. The second kappa shape index (κ2) is 8.66. The lowest BCUT2D eigenvalue weighted by molar-refractivity contribution is -0.123. The third-order valence-corrected chi connectivity index (χ3v) is 5.64. The molecule has 0 fully saturated rings. The molecule has 4 rings (SSSR count). The van der Waals surface area contributed by atoms with E-state index in [1.165, 1.54) is 11.1 Å². The number of carbonyl (C=O) groups excluding carboxylic acids is 2. The molecule has 0 saturated carbocycles. The molecule has 5 heteroatoms. The van der Waals surface area contributed by atoms with Crippen LogP contribution < -0.4 is 4.90 Å². The molecular formula is C25H27N3O2. The molecule has 0 spiro atoms. The van der Waals surface area contributed by atoms with E-state index in [9.17, 15) is 9.59 Å². The molecule has 2 aromatic carbocycles. The van der Waals surface area contributed by atoms with E-state index < -0.39 is 0 Å². The number of benzene rings is 2. The average molecular weight is 402 g/mol. The van der Waals surface area contributed by atoms with Crippen molar-refractivity contribution in [3.63, 3.8) is 0 Å². The van der Waals surface area contributed by atoms with Crippen molar-refractivity contribution in [1.82, 2.24) is 9.78 Å². The van der Waals surface area contributed by atoms with Crippen LogP contribution in [0.4, 0.5) is 5.82 Å². The molecule has 154 valence electrons. The van der Waals surface area contributed by atoms with E-state index in [-0.39, 0.29) is 24.5 Å². The first-order valence-electron chi connectivity index (χ1n) is 10.5. The fourth-order valence-corrected chi connectivity index (χ4v) is 4.06. The van der Waals surface area contributed by atoms with E-state index in [2.05, 4.69) is 36.3 Å². The minimum absolute atomic E-state index is 0.000833. The number of hydrogen-bond donors (Lipinski definition) is 0. The van der Waals surface area contributed by atoms with Crippen molar-refractivity contribution in [1.29, 1.82) is 0 Å². The van der Waals surface area contributed by atoms with Crippen molar-refractivity contribution in [2.75, 3.05) is 11.4 Å². The van der Waals surface area contributed by atoms with Gasteiger partial charge in [-0.1, -0.05) is 48.5 Å². The molecule has 5 nitrogen and oxygen atoms in total. The summed E-state index contributed by atoms with van der Waals surface area (Å²) in [6.45, 7) is 5.56. The van der Waals surface area contributed by atoms with Crippen molar-refractivity contribution in [3.05, 3.63) is 71.4 Å². The van der Waals surface area contributed by atoms with Gasteiger partial charge >= 0.3 is 0 Å². The van der Waals surface area contributed by atoms with Crippen LogP contribution in [-0.4, -0.2) is 28.0 Å². The van der Waals surface area contributed by atoms with Crippen LogP contribution in [0.3, 0.4) is 0 Å². The van der Waals surface area contributed by atoms with Crippen LogP contribution >= 0.6 is 0 Å². The van der Waals surface area contributed by atoms with Gasteiger partial charge in [0.1, 0.15) is 11.6 Å². The number of nitrogens with zero attached hydrogens (tertiary/aromatic N) is 3. The molecule has 1 aliphatic heterocycles. The van der Waals surface area contributed by atoms with Gasteiger partial charge in [-0.15, -0.1) is 0 Å². The Kier molecular flexibility index (Phi) is 5.79. The fourth-order valence-electron chi connectivity index (χ4n) is 4.06. The second-order valence-corrected chi connectivity index (χ2v) is 7.99. The summed E-state index contributed by atoms with van der Waals surface area (Å²) in [5, 5.41) is 4.43. The number of fused-ring (bicyclic) bond motifs is 1. The zero-order valence-corrected chi connectivity index (χ0v) is 17.6. The Labute approximate surface area is 177 Å². The number of Topliss-reactive ketones (excluding diaryl/α,β-unsaturated/α-hetero) is 1. The SMILES string of the molecule is Cc1cc2n(n1)CCCN2C(=O)CCC(=O)Cc1ccc(-c2ccccc2C)cc1. The first-order valence-corrected chi connectivity index (χ1v) is 10.5. The van der Waals surface area contributed by atoms with E-state index in [1.807, 2.05) is 41.9 Å². The minimum atomic E-state index is -0.000833. The van der Waals surface area contributed by atoms with Gasteiger partial charge in [0.05, 0.1) is 5.69 Å². The third-order valence-electron chi connectivity index (χ3n) is 5.64. The molecule has 0 N–H and O–H groups in total. The van der Waals surface area contributed by atoms with Crippen LogP contribution in [-0.2, 0) is 22.6 Å². The Balaban J connectivity index is 1.33. The molecule has 1 amide bonds. The molecule has 0 saturated heterocycles. The molecule has 0 aliphatic carbocycles. The van der Waals surface area contributed by atoms with Gasteiger partial charge in [0, 0.05) is 38.4 Å². The normalized spacial score (nSPS) is 13.2. The standard InChI is InChI=1S/C25H27N3O2/c1-18-6-3-4-7-23(18)21-10-8-20(9-11-21)17-22(29)12-13-25(30)27-14-5-15-28-24(27)16-19(2)26-28/h3-4,6-11,16H,5,12-15,17H2,1-2H3. The minimum Gasteiger partial charge on any atom is -0.299 e. The maximum absolute atomic E-state index is 12.7. The lowest BCUT2D eigenvalue weighted by Gasteiger charge is -2.27. The zero-order valence-electron chi connectivity index (χ0n) is 17.6. The molecule has 1 aromatic heterocycles. The lowest BCUT2D eigenvalue weighted by atomic mass is 9.98. The summed E-state index contributed by atoms with van der Waals surface area (Å²) >= 11 is 0. The van der Waals surface area contributed by atoms with Crippen LogP contribution in [0.15, 0.2) is 54.6 Å². The number of carbonyl (C=O) groups is 2. The molecule has 2 heterocycles. The van der Waals surface area contributed by atoms with Gasteiger partial charge in [0.2, 0.25) is 5.91 Å². The highest BCUT2D eigenvalue weighted by atomic mass is 16.2. The van der Waals surface area contributed by atoms with Crippen molar-refractivity contribution in [2.45, 2.75) is 46.1 Å². The Bertz CT molecular complexity index is 1070. The monoisotopic (exact) mass is 401 g/mol. The van der Waals surface area contributed by atoms with E-state index >= 15 is 0 Å². The van der Waals surface area contributed by atoms with Gasteiger partial charge in [-0.2, -0.15) is 5.10 Å².